The van der Waals surface area contributed by atoms with Crippen molar-refractivity contribution in [2.75, 3.05) is 18.5 Å². The minimum atomic E-state index is 0.248. The fraction of sp³-hybridized carbons (Fsp3) is 0.429. The summed E-state index contributed by atoms with van der Waals surface area (Å²) >= 11 is 1.85. The van der Waals surface area contributed by atoms with Gasteiger partial charge in [-0.3, -0.25) is 0 Å². The lowest BCUT2D eigenvalue weighted by Gasteiger charge is -2.23. The third kappa shape index (κ3) is 2.99. The molecule has 0 amide bonds. The van der Waals surface area contributed by atoms with Crippen molar-refractivity contribution in [1.29, 1.82) is 0 Å². The van der Waals surface area contributed by atoms with Gasteiger partial charge in [-0.2, -0.15) is 0 Å². The van der Waals surface area contributed by atoms with Crippen molar-refractivity contribution in [1.82, 2.24) is 9.97 Å². The van der Waals surface area contributed by atoms with Crippen LogP contribution in [0.3, 0.4) is 0 Å². The van der Waals surface area contributed by atoms with Crippen LogP contribution in [0, 0.1) is 5.92 Å². The van der Waals surface area contributed by atoms with Crippen molar-refractivity contribution in [3.8, 4) is 0 Å². The van der Waals surface area contributed by atoms with Gasteiger partial charge in [0.2, 0.25) is 0 Å². The van der Waals surface area contributed by atoms with Gasteiger partial charge >= 0.3 is 0 Å². The topological polar surface area (TPSA) is 47.0 Å². The van der Waals surface area contributed by atoms with Crippen LogP contribution in [0.5, 0.6) is 0 Å². The Bertz CT molecular complexity index is 902. The molecular formula is C21H23N3OS. The van der Waals surface area contributed by atoms with Crippen LogP contribution in [0.4, 0.5) is 5.82 Å². The first-order valence-corrected chi connectivity index (χ1v) is 10.3. The summed E-state index contributed by atoms with van der Waals surface area (Å²) in [6.07, 6.45) is 7.53. The first kappa shape index (κ1) is 16.2. The van der Waals surface area contributed by atoms with E-state index in [1.807, 2.05) is 11.3 Å². The summed E-state index contributed by atoms with van der Waals surface area (Å²) < 4.78 is 5.61. The summed E-state index contributed by atoms with van der Waals surface area (Å²) in [4.78, 5) is 11.8. The van der Waals surface area contributed by atoms with E-state index in [0.29, 0.717) is 5.92 Å². The zero-order valence-corrected chi connectivity index (χ0v) is 15.6. The summed E-state index contributed by atoms with van der Waals surface area (Å²) in [5, 5.41) is 5.04. The predicted molar refractivity (Wildman–Crippen MR) is 106 cm³/mol. The lowest BCUT2D eigenvalue weighted by molar-refractivity contribution is 0.183. The molecule has 0 bridgehead atoms. The zero-order chi connectivity index (χ0) is 17.3. The van der Waals surface area contributed by atoms with E-state index in [9.17, 15) is 0 Å². The molecule has 134 valence electrons. The van der Waals surface area contributed by atoms with Crippen LogP contribution in [0.15, 0.2) is 36.7 Å². The third-order valence-electron chi connectivity index (χ3n) is 5.61. The summed E-state index contributed by atoms with van der Waals surface area (Å²) in [5.41, 5.74) is 2.79. The number of nitrogens with one attached hydrogen (secondary N) is 1. The molecule has 26 heavy (non-hydrogen) atoms. The maximum absolute atomic E-state index is 5.61. The number of anilines is 1. The van der Waals surface area contributed by atoms with Crippen molar-refractivity contribution >= 4 is 27.4 Å². The standard InChI is InChI=1S/C21H23N3OS/c1-2-5-15(6-3-1)17(11-14-9-10-25-12-14)24-20-19-16-7-4-8-18(16)26-21(19)23-13-22-20/h1-3,5-6,13-14,17H,4,7-12H2,(H,22,23,24). The van der Waals surface area contributed by atoms with E-state index in [4.69, 9.17) is 4.74 Å². The van der Waals surface area contributed by atoms with E-state index >= 15 is 0 Å². The molecule has 1 aliphatic heterocycles. The molecule has 0 spiro atoms. The lowest BCUT2D eigenvalue weighted by Crippen LogP contribution is -2.17. The molecule has 2 aliphatic rings. The Balaban J connectivity index is 1.51. The lowest BCUT2D eigenvalue weighted by atomic mass is 9.94. The van der Waals surface area contributed by atoms with Crippen LogP contribution in [-0.2, 0) is 17.6 Å². The maximum atomic E-state index is 5.61. The van der Waals surface area contributed by atoms with Gasteiger partial charge in [-0.1, -0.05) is 30.3 Å². The second-order valence-corrected chi connectivity index (χ2v) is 8.42. The summed E-state index contributed by atoms with van der Waals surface area (Å²) in [6.45, 7) is 1.76. The second-order valence-electron chi connectivity index (χ2n) is 7.33. The van der Waals surface area contributed by atoms with Crippen LogP contribution < -0.4 is 5.32 Å². The SMILES string of the molecule is c1ccc(C(CC2CCOC2)Nc2ncnc3sc4c(c23)CCC4)cc1. The van der Waals surface area contributed by atoms with Crippen LogP contribution in [0.25, 0.3) is 10.2 Å². The van der Waals surface area contributed by atoms with Gasteiger partial charge < -0.3 is 10.1 Å². The van der Waals surface area contributed by atoms with Crippen molar-refractivity contribution < 1.29 is 4.74 Å². The van der Waals surface area contributed by atoms with Gasteiger partial charge in [-0.25, -0.2) is 9.97 Å². The molecule has 1 saturated heterocycles. The molecule has 0 radical (unpaired) electrons. The van der Waals surface area contributed by atoms with Crippen LogP contribution in [-0.4, -0.2) is 23.2 Å². The van der Waals surface area contributed by atoms with Gasteiger partial charge in [0.1, 0.15) is 17.0 Å². The van der Waals surface area contributed by atoms with Crippen LogP contribution >= 0.6 is 11.3 Å². The highest BCUT2D eigenvalue weighted by Gasteiger charge is 2.25. The largest absolute Gasteiger partial charge is 0.381 e. The monoisotopic (exact) mass is 365 g/mol. The Hall–Kier alpha value is -1.98. The molecule has 1 aromatic carbocycles. The summed E-state index contributed by atoms with van der Waals surface area (Å²) in [5.74, 6) is 1.61. The highest BCUT2D eigenvalue weighted by Crippen LogP contribution is 2.40. The molecule has 2 unspecified atom stereocenters. The first-order valence-electron chi connectivity index (χ1n) is 9.53. The molecule has 1 aliphatic carbocycles. The highest BCUT2D eigenvalue weighted by atomic mass is 32.1. The van der Waals surface area contributed by atoms with Gasteiger partial charge in [-0.05, 0) is 49.1 Å². The Labute approximate surface area is 157 Å². The number of aromatic nitrogens is 2. The van der Waals surface area contributed by atoms with Gasteiger partial charge in [0.25, 0.3) is 0 Å². The van der Waals surface area contributed by atoms with Crippen LogP contribution in [0.1, 0.15) is 41.3 Å². The van der Waals surface area contributed by atoms with Crippen LogP contribution in [0.2, 0.25) is 0 Å². The number of benzene rings is 1. The second kappa shape index (κ2) is 6.97. The third-order valence-corrected chi connectivity index (χ3v) is 6.81. The quantitative estimate of drug-likeness (QED) is 0.708. The molecular weight excluding hydrogens is 342 g/mol. The number of ether oxygens (including phenoxy) is 1. The number of thiophene rings is 1. The van der Waals surface area contributed by atoms with E-state index in [1.54, 1.807) is 6.33 Å². The number of rotatable bonds is 5. The average molecular weight is 366 g/mol. The molecule has 5 rings (SSSR count). The minimum Gasteiger partial charge on any atom is -0.381 e. The Kier molecular flexibility index (Phi) is 4.35. The summed E-state index contributed by atoms with van der Waals surface area (Å²) in [6, 6.07) is 11.0. The fourth-order valence-electron chi connectivity index (χ4n) is 4.27. The maximum Gasteiger partial charge on any atom is 0.138 e. The van der Waals surface area contributed by atoms with E-state index in [-0.39, 0.29) is 6.04 Å². The van der Waals surface area contributed by atoms with Crippen molar-refractivity contribution in [3.05, 3.63) is 52.7 Å². The Morgan fingerprint density at radius 1 is 1.19 bits per heavy atom. The van der Waals surface area contributed by atoms with E-state index < -0.39 is 0 Å². The average Bonchev–Trinajstić information content (AvgIpc) is 3.39. The van der Waals surface area contributed by atoms with Gasteiger partial charge in [0.15, 0.2) is 0 Å². The molecule has 1 N–H and O–H groups in total. The minimum absolute atomic E-state index is 0.248. The van der Waals surface area contributed by atoms with E-state index in [0.717, 1.165) is 43.1 Å². The molecule has 2 atom stereocenters. The van der Waals surface area contributed by atoms with Crippen molar-refractivity contribution in [2.45, 2.75) is 38.1 Å². The zero-order valence-electron chi connectivity index (χ0n) is 14.8. The number of hydrogen-bond acceptors (Lipinski definition) is 5. The van der Waals surface area contributed by atoms with Gasteiger partial charge in [0, 0.05) is 18.1 Å². The molecule has 4 nitrogen and oxygen atoms in total. The fourth-order valence-corrected chi connectivity index (χ4v) is 5.50. The number of fused-ring (bicyclic) bond motifs is 3. The smallest absolute Gasteiger partial charge is 0.138 e. The normalized spacial score (nSPS) is 20.4. The summed E-state index contributed by atoms with van der Waals surface area (Å²) in [7, 11) is 0. The highest BCUT2D eigenvalue weighted by molar-refractivity contribution is 7.19. The molecule has 5 heteroatoms. The van der Waals surface area contributed by atoms with E-state index in [1.165, 1.54) is 34.2 Å². The van der Waals surface area contributed by atoms with Gasteiger partial charge in [0.05, 0.1) is 11.4 Å². The number of aryl methyl sites for hydroxylation is 2. The Morgan fingerprint density at radius 2 is 2.12 bits per heavy atom. The van der Waals surface area contributed by atoms with E-state index in [2.05, 4.69) is 45.6 Å². The molecule has 3 heterocycles. The Morgan fingerprint density at radius 3 is 2.96 bits per heavy atom. The molecule has 2 aromatic heterocycles. The first-order chi connectivity index (χ1) is 12.9. The number of hydrogen-bond donors (Lipinski definition) is 1. The number of nitrogens with zero attached hydrogens (tertiary/aromatic N) is 2. The van der Waals surface area contributed by atoms with Crippen molar-refractivity contribution in [3.63, 3.8) is 0 Å². The molecule has 1 fully saturated rings. The molecule has 0 saturated carbocycles. The molecule has 3 aromatic rings. The van der Waals surface area contributed by atoms with Gasteiger partial charge in [-0.15, -0.1) is 11.3 Å². The van der Waals surface area contributed by atoms with Crippen molar-refractivity contribution in [2.24, 2.45) is 5.92 Å². The predicted octanol–water partition coefficient (Wildman–Crippen LogP) is 4.76.